The van der Waals surface area contributed by atoms with Gasteiger partial charge in [0.05, 0.1) is 5.56 Å². The largest absolute Gasteiger partial charge is 0.489 e. The zero-order valence-corrected chi connectivity index (χ0v) is 11.0. The Hall–Kier alpha value is -2.29. The van der Waals surface area contributed by atoms with Crippen molar-refractivity contribution in [3.05, 3.63) is 64.7 Å². The molecule has 0 aliphatic carbocycles. The SMILES string of the molecule is Cc1ccc(COc2cccc(C(=O)O)c2)cc1C. The van der Waals surface area contributed by atoms with Crippen molar-refractivity contribution in [1.29, 1.82) is 0 Å². The lowest BCUT2D eigenvalue weighted by molar-refractivity contribution is 0.0696. The highest BCUT2D eigenvalue weighted by molar-refractivity contribution is 5.87. The van der Waals surface area contributed by atoms with Crippen molar-refractivity contribution >= 4 is 5.97 Å². The molecule has 0 unspecified atom stereocenters. The van der Waals surface area contributed by atoms with Gasteiger partial charge in [-0.05, 0) is 48.7 Å². The van der Waals surface area contributed by atoms with Gasteiger partial charge in [-0.2, -0.15) is 0 Å². The number of benzene rings is 2. The summed E-state index contributed by atoms with van der Waals surface area (Å²) in [5.41, 5.74) is 3.78. The van der Waals surface area contributed by atoms with Crippen LogP contribution in [0, 0.1) is 13.8 Å². The summed E-state index contributed by atoms with van der Waals surface area (Å²) in [5, 5.41) is 8.91. The highest BCUT2D eigenvalue weighted by Crippen LogP contribution is 2.16. The summed E-state index contributed by atoms with van der Waals surface area (Å²) in [5.74, 6) is -0.380. The Morgan fingerprint density at radius 3 is 2.58 bits per heavy atom. The van der Waals surface area contributed by atoms with E-state index in [4.69, 9.17) is 9.84 Å². The van der Waals surface area contributed by atoms with Crippen LogP contribution in [-0.4, -0.2) is 11.1 Å². The van der Waals surface area contributed by atoms with Crippen LogP contribution in [0.2, 0.25) is 0 Å². The average molecular weight is 256 g/mol. The van der Waals surface area contributed by atoms with E-state index in [1.807, 2.05) is 6.07 Å². The first-order valence-corrected chi connectivity index (χ1v) is 6.08. The molecule has 0 radical (unpaired) electrons. The van der Waals surface area contributed by atoms with E-state index in [9.17, 15) is 4.79 Å². The van der Waals surface area contributed by atoms with Crippen LogP contribution in [0.5, 0.6) is 5.75 Å². The van der Waals surface area contributed by atoms with Crippen LogP contribution in [0.3, 0.4) is 0 Å². The maximum absolute atomic E-state index is 10.9. The van der Waals surface area contributed by atoms with Gasteiger partial charge < -0.3 is 9.84 Å². The smallest absolute Gasteiger partial charge is 0.335 e. The average Bonchev–Trinajstić information content (AvgIpc) is 2.40. The van der Waals surface area contributed by atoms with E-state index >= 15 is 0 Å². The number of carboxylic acids is 1. The molecule has 0 fully saturated rings. The number of hydrogen-bond donors (Lipinski definition) is 1. The van der Waals surface area contributed by atoms with E-state index in [1.54, 1.807) is 18.2 Å². The monoisotopic (exact) mass is 256 g/mol. The third kappa shape index (κ3) is 3.35. The van der Waals surface area contributed by atoms with Gasteiger partial charge in [0.1, 0.15) is 12.4 Å². The molecule has 1 N–H and O–H groups in total. The number of aryl methyl sites for hydroxylation is 2. The number of carboxylic acid groups (broad SMARTS) is 1. The molecule has 0 saturated carbocycles. The van der Waals surface area contributed by atoms with Crippen LogP contribution in [-0.2, 0) is 6.61 Å². The number of ether oxygens (including phenoxy) is 1. The summed E-state index contributed by atoms with van der Waals surface area (Å²) < 4.78 is 5.61. The minimum absolute atomic E-state index is 0.234. The van der Waals surface area contributed by atoms with Crippen molar-refractivity contribution in [2.75, 3.05) is 0 Å². The zero-order valence-electron chi connectivity index (χ0n) is 11.0. The number of rotatable bonds is 4. The predicted octanol–water partition coefficient (Wildman–Crippen LogP) is 3.58. The Kier molecular flexibility index (Phi) is 3.85. The van der Waals surface area contributed by atoms with Crippen LogP contribution in [0.1, 0.15) is 27.0 Å². The van der Waals surface area contributed by atoms with Gasteiger partial charge in [0.2, 0.25) is 0 Å². The van der Waals surface area contributed by atoms with Crippen LogP contribution >= 0.6 is 0 Å². The number of aromatic carboxylic acids is 1. The Labute approximate surface area is 112 Å². The molecule has 0 atom stereocenters. The van der Waals surface area contributed by atoms with Crippen molar-refractivity contribution in [2.24, 2.45) is 0 Å². The lowest BCUT2D eigenvalue weighted by atomic mass is 10.1. The normalized spacial score (nSPS) is 10.2. The summed E-state index contributed by atoms with van der Waals surface area (Å²) >= 11 is 0. The number of hydrogen-bond acceptors (Lipinski definition) is 2. The fourth-order valence-corrected chi connectivity index (χ4v) is 1.78. The summed E-state index contributed by atoms with van der Waals surface area (Å²) in [4.78, 5) is 10.9. The molecule has 2 aromatic carbocycles. The third-order valence-corrected chi connectivity index (χ3v) is 3.06. The molecule has 19 heavy (non-hydrogen) atoms. The van der Waals surface area contributed by atoms with Crippen LogP contribution < -0.4 is 4.74 Å². The lowest BCUT2D eigenvalue weighted by Gasteiger charge is -2.08. The molecule has 3 heteroatoms. The third-order valence-electron chi connectivity index (χ3n) is 3.06. The standard InChI is InChI=1S/C16H16O3/c1-11-6-7-13(8-12(11)2)10-19-15-5-3-4-14(9-15)16(17)18/h3-9H,10H2,1-2H3,(H,17,18). The minimum Gasteiger partial charge on any atom is -0.489 e. The van der Waals surface area contributed by atoms with Gasteiger partial charge in [-0.1, -0.05) is 24.3 Å². The Morgan fingerprint density at radius 2 is 1.89 bits per heavy atom. The van der Waals surface area contributed by atoms with Crippen LogP contribution in [0.15, 0.2) is 42.5 Å². The number of carbonyl (C=O) groups is 1. The molecule has 3 nitrogen and oxygen atoms in total. The van der Waals surface area contributed by atoms with Crippen molar-refractivity contribution in [3.63, 3.8) is 0 Å². The Bertz CT molecular complexity index is 603. The Morgan fingerprint density at radius 1 is 1.11 bits per heavy atom. The van der Waals surface area contributed by atoms with Crippen LogP contribution in [0.25, 0.3) is 0 Å². The van der Waals surface area contributed by atoms with Crippen molar-refractivity contribution in [2.45, 2.75) is 20.5 Å². The van der Waals surface area contributed by atoms with Crippen molar-refractivity contribution in [3.8, 4) is 5.75 Å². The first-order valence-electron chi connectivity index (χ1n) is 6.08. The quantitative estimate of drug-likeness (QED) is 0.909. The molecule has 98 valence electrons. The predicted molar refractivity (Wildman–Crippen MR) is 73.6 cm³/mol. The molecule has 0 aliphatic rings. The summed E-state index contributed by atoms with van der Waals surface area (Å²) in [6.45, 7) is 4.56. The molecule has 0 aromatic heterocycles. The van der Waals surface area contributed by atoms with Gasteiger partial charge in [-0.3, -0.25) is 0 Å². The summed E-state index contributed by atoms with van der Waals surface area (Å²) in [7, 11) is 0. The van der Waals surface area contributed by atoms with E-state index in [-0.39, 0.29) is 5.56 Å². The zero-order chi connectivity index (χ0) is 13.8. The fraction of sp³-hybridized carbons (Fsp3) is 0.188. The highest BCUT2D eigenvalue weighted by atomic mass is 16.5. The molecule has 0 aliphatic heterocycles. The van der Waals surface area contributed by atoms with E-state index in [2.05, 4.69) is 26.0 Å². The second-order valence-electron chi connectivity index (χ2n) is 4.54. The Balaban J connectivity index is 2.07. The van der Waals surface area contributed by atoms with Gasteiger partial charge in [-0.15, -0.1) is 0 Å². The first kappa shape index (κ1) is 13.1. The topological polar surface area (TPSA) is 46.5 Å². The van der Waals surface area contributed by atoms with Crippen molar-refractivity contribution in [1.82, 2.24) is 0 Å². The van der Waals surface area contributed by atoms with Crippen molar-refractivity contribution < 1.29 is 14.6 Å². The minimum atomic E-state index is -0.948. The molecule has 2 rings (SSSR count). The van der Waals surface area contributed by atoms with Gasteiger partial charge in [0.25, 0.3) is 0 Å². The maximum Gasteiger partial charge on any atom is 0.335 e. The summed E-state index contributed by atoms with van der Waals surface area (Å²) in [6, 6.07) is 12.7. The van der Waals surface area contributed by atoms with Gasteiger partial charge in [0, 0.05) is 0 Å². The van der Waals surface area contributed by atoms with Gasteiger partial charge >= 0.3 is 5.97 Å². The molecule has 0 amide bonds. The van der Waals surface area contributed by atoms with E-state index in [0.29, 0.717) is 12.4 Å². The van der Waals surface area contributed by atoms with Gasteiger partial charge in [-0.25, -0.2) is 4.79 Å². The summed E-state index contributed by atoms with van der Waals surface area (Å²) in [6.07, 6.45) is 0. The molecule has 0 spiro atoms. The van der Waals surface area contributed by atoms with E-state index in [0.717, 1.165) is 5.56 Å². The van der Waals surface area contributed by atoms with Gasteiger partial charge in [0.15, 0.2) is 0 Å². The van der Waals surface area contributed by atoms with E-state index in [1.165, 1.54) is 17.2 Å². The first-order chi connectivity index (χ1) is 9.06. The van der Waals surface area contributed by atoms with E-state index < -0.39 is 5.97 Å². The molecule has 0 bridgehead atoms. The molecular formula is C16H16O3. The fourth-order valence-electron chi connectivity index (χ4n) is 1.78. The molecule has 0 saturated heterocycles. The lowest BCUT2D eigenvalue weighted by Crippen LogP contribution is -1.99. The second-order valence-corrected chi connectivity index (χ2v) is 4.54. The second kappa shape index (κ2) is 5.57. The molecular weight excluding hydrogens is 240 g/mol. The van der Waals surface area contributed by atoms with Crippen LogP contribution in [0.4, 0.5) is 0 Å². The molecule has 0 heterocycles. The highest BCUT2D eigenvalue weighted by Gasteiger charge is 2.04. The maximum atomic E-state index is 10.9. The molecule has 2 aromatic rings.